The van der Waals surface area contributed by atoms with Crippen molar-refractivity contribution in [2.45, 2.75) is 12.5 Å². The molecule has 3 heterocycles. The summed E-state index contributed by atoms with van der Waals surface area (Å²) in [6, 6.07) is 3.64. The lowest BCUT2D eigenvalue weighted by Gasteiger charge is -2.37. The molecule has 23 heavy (non-hydrogen) atoms. The largest absolute Gasteiger partial charge is 0.381 e. The summed E-state index contributed by atoms with van der Waals surface area (Å²) in [4.78, 5) is 18.4. The van der Waals surface area contributed by atoms with Crippen molar-refractivity contribution in [2.75, 3.05) is 51.4 Å². The fraction of sp³-hybridized carbons (Fsp3) is 0.625. The molecule has 2 amide bonds. The number of hydrogen-bond acceptors (Lipinski definition) is 5. The summed E-state index contributed by atoms with van der Waals surface area (Å²) in [6.07, 6.45) is 4.36. The smallest absolute Gasteiger partial charge is 0.319 e. The van der Waals surface area contributed by atoms with Crippen LogP contribution in [0.1, 0.15) is 6.42 Å². The summed E-state index contributed by atoms with van der Waals surface area (Å²) in [5.74, 6) is 0.467. The number of nitrogens with one attached hydrogen (secondary N) is 2. The van der Waals surface area contributed by atoms with Crippen LogP contribution in [-0.2, 0) is 9.47 Å². The molecule has 2 aliphatic rings. The number of ether oxygens (including phenoxy) is 2. The van der Waals surface area contributed by atoms with Crippen molar-refractivity contribution >= 4 is 11.7 Å². The molecular weight excluding hydrogens is 296 g/mol. The average Bonchev–Trinajstić information content (AvgIpc) is 3.11. The number of morpholine rings is 1. The molecule has 2 fully saturated rings. The molecule has 2 saturated heterocycles. The zero-order valence-electron chi connectivity index (χ0n) is 13.2. The van der Waals surface area contributed by atoms with E-state index in [4.69, 9.17) is 9.47 Å². The molecule has 0 bridgehead atoms. The molecule has 2 atom stereocenters. The standard InChI is InChI=1S/C16H24N4O3/c21-16(19-14-1-4-17-5-2-14)18-11-15(13-3-8-23-12-13)20-6-9-22-10-7-20/h1-2,4-5,13,15H,3,6-12H2,(H2,17,18,19,21)/t13-,15-/m1/s1. The van der Waals surface area contributed by atoms with Crippen molar-refractivity contribution < 1.29 is 14.3 Å². The first-order valence-corrected chi connectivity index (χ1v) is 8.17. The zero-order chi connectivity index (χ0) is 15.9. The Bertz CT molecular complexity index is 487. The summed E-state index contributed by atoms with van der Waals surface area (Å²) in [6.45, 7) is 5.54. The van der Waals surface area contributed by atoms with Crippen molar-refractivity contribution in [3.63, 3.8) is 0 Å². The highest BCUT2D eigenvalue weighted by molar-refractivity contribution is 5.89. The van der Waals surface area contributed by atoms with Crippen molar-refractivity contribution in [1.82, 2.24) is 15.2 Å². The topological polar surface area (TPSA) is 75.7 Å². The van der Waals surface area contributed by atoms with Gasteiger partial charge in [-0.15, -0.1) is 0 Å². The van der Waals surface area contributed by atoms with E-state index in [1.54, 1.807) is 24.5 Å². The summed E-state index contributed by atoms with van der Waals surface area (Å²) in [5, 5.41) is 5.82. The summed E-state index contributed by atoms with van der Waals surface area (Å²) in [5.41, 5.74) is 0.740. The van der Waals surface area contributed by atoms with E-state index in [-0.39, 0.29) is 6.03 Å². The average molecular weight is 320 g/mol. The molecule has 0 spiro atoms. The Balaban J connectivity index is 1.54. The van der Waals surface area contributed by atoms with E-state index >= 15 is 0 Å². The fourth-order valence-electron chi connectivity index (χ4n) is 3.17. The van der Waals surface area contributed by atoms with E-state index in [2.05, 4.69) is 20.5 Å². The first-order valence-electron chi connectivity index (χ1n) is 8.17. The number of urea groups is 1. The van der Waals surface area contributed by atoms with Gasteiger partial charge in [-0.3, -0.25) is 9.88 Å². The van der Waals surface area contributed by atoms with E-state index in [1.807, 2.05) is 0 Å². The molecule has 7 heteroatoms. The van der Waals surface area contributed by atoms with E-state index in [1.165, 1.54) is 0 Å². The Labute approximate surface area is 136 Å². The second kappa shape index (κ2) is 8.24. The minimum Gasteiger partial charge on any atom is -0.381 e. The normalized spacial score (nSPS) is 23.4. The van der Waals surface area contributed by atoms with Gasteiger partial charge in [0.1, 0.15) is 0 Å². The Morgan fingerprint density at radius 1 is 1.26 bits per heavy atom. The molecule has 0 radical (unpaired) electrons. The van der Waals surface area contributed by atoms with Gasteiger partial charge in [-0.1, -0.05) is 0 Å². The Morgan fingerprint density at radius 2 is 2.04 bits per heavy atom. The molecule has 126 valence electrons. The zero-order valence-corrected chi connectivity index (χ0v) is 13.2. The van der Waals surface area contributed by atoms with Crippen LogP contribution in [0, 0.1) is 5.92 Å². The molecule has 0 saturated carbocycles. The van der Waals surface area contributed by atoms with Gasteiger partial charge in [0.15, 0.2) is 0 Å². The van der Waals surface area contributed by atoms with Gasteiger partial charge >= 0.3 is 6.03 Å². The molecule has 1 aromatic heterocycles. The molecular formula is C16H24N4O3. The lowest BCUT2D eigenvalue weighted by Crippen LogP contribution is -2.52. The van der Waals surface area contributed by atoms with Crippen LogP contribution in [0.25, 0.3) is 0 Å². The minimum atomic E-state index is -0.187. The van der Waals surface area contributed by atoms with Gasteiger partial charge in [0.2, 0.25) is 0 Å². The van der Waals surface area contributed by atoms with Crippen LogP contribution in [0.15, 0.2) is 24.5 Å². The third-order valence-electron chi connectivity index (χ3n) is 4.43. The van der Waals surface area contributed by atoms with Crippen molar-refractivity contribution in [2.24, 2.45) is 5.92 Å². The highest BCUT2D eigenvalue weighted by Gasteiger charge is 2.31. The van der Waals surface area contributed by atoms with Crippen molar-refractivity contribution in [3.05, 3.63) is 24.5 Å². The van der Waals surface area contributed by atoms with Gasteiger partial charge in [-0.2, -0.15) is 0 Å². The molecule has 1 aromatic rings. The molecule has 0 aliphatic carbocycles. The Kier molecular flexibility index (Phi) is 5.79. The van der Waals surface area contributed by atoms with Crippen LogP contribution in [0.5, 0.6) is 0 Å². The van der Waals surface area contributed by atoms with Crippen LogP contribution in [-0.4, -0.2) is 68.0 Å². The maximum absolute atomic E-state index is 12.1. The number of anilines is 1. The number of nitrogens with zero attached hydrogens (tertiary/aromatic N) is 2. The lowest BCUT2D eigenvalue weighted by atomic mass is 9.97. The van der Waals surface area contributed by atoms with Crippen LogP contribution in [0.3, 0.4) is 0 Å². The number of hydrogen-bond donors (Lipinski definition) is 2. The maximum atomic E-state index is 12.1. The van der Waals surface area contributed by atoms with Gasteiger partial charge in [0.25, 0.3) is 0 Å². The molecule has 0 aromatic carbocycles. The molecule has 3 rings (SSSR count). The number of rotatable bonds is 5. The molecule has 2 N–H and O–H groups in total. The summed E-state index contributed by atoms with van der Waals surface area (Å²) >= 11 is 0. The SMILES string of the molecule is O=C(NC[C@H]([C@@H]1CCOC1)N1CCOCC1)Nc1ccncc1. The predicted molar refractivity (Wildman–Crippen MR) is 86.4 cm³/mol. The quantitative estimate of drug-likeness (QED) is 0.844. The van der Waals surface area contributed by atoms with Gasteiger partial charge in [-0.25, -0.2) is 4.79 Å². The second-order valence-corrected chi connectivity index (χ2v) is 5.91. The fourth-order valence-corrected chi connectivity index (χ4v) is 3.17. The van der Waals surface area contributed by atoms with Crippen LogP contribution < -0.4 is 10.6 Å². The van der Waals surface area contributed by atoms with Crippen molar-refractivity contribution in [1.29, 1.82) is 0 Å². The first kappa shape index (κ1) is 16.2. The second-order valence-electron chi connectivity index (χ2n) is 5.91. The van der Waals surface area contributed by atoms with Gasteiger partial charge < -0.3 is 20.1 Å². The first-order chi connectivity index (χ1) is 11.3. The monoisotopic (exact) mass is 320 g/mol. The maximum Gasteiger partial charge on any atom is 0.319 e. The van der Waals surface area contributed by atoms with Crippen LogP contribution in [0.4, 0.5) is 10.5 Å². The predicted octanol–water partition coefficient (Wildman–Crippen LogP) is 0.940. The summed E-state index contributed by atoms with van der Waals surface area (Å²) in [7, 11) is 0. The third-order valence-corrected chi connectivity index (χ3v) is 4.43. The molecule has 0 unspecified atom stereocenters. The third kappa shape index (κ3) is 4.63. The van der Waals surface area contributed by atoms with E-state index in [0.29, 0.717) is 18.5 Å². The highest BCUT2D eigenvalue weighted by Crippen LogP contribution is 2.21. The lowest BCUT2D eigenvalue weighted by molar-refractivity contribution is 0.00222. The Hall–Kier alpha value is -1.70. The number of carbonyl (C=O) groups excluding carboxylic acids is 1. The number of carbonyl (C=O) groups is 1. The van der Waals surface area contributed by atoms with E-state index in [0.717, 1.165) is 51.6 Å². The molecule has 2 aliphatic heterocycles. The minimum absolute atomic E-state index is 0.187. The van der Waals surface area contributed by atoms with Crippen molar-refractivity contribution in [3.8, 4) is 0 Å². The molecule has 7 nitrogen and oxygen atoms in total. The number of amides is 2. The van der Waals surface area contributed by atoms with E-state index < -0.39 is 0 Å². The van der Waals surface area contributed by atoms with Gasteiger partial charge in [0, 0.05) is 56.3 Å². The Morgan fingerprint density at radius 3 is 2.74 bits per heavy atom. The van der Waals surface area contributed by atoms with Gasteiger partial charge in [-0.05, 0) is 18.6 Å². The van der Waals surface area contributed by atoms with Crippen LogP contribution in [0.2, 0.25) is 0 Å². The van der Waals surface area contributed by atoms with Crippen LogP contribution >= 0.6 is 0 Å². The van der Waals surface area contributed by atoms with E-state index in [9.17, 15) is 4.79 Å². The number of pyridine rings is 1. The number of aromatic nitrogens is 1. The highest BCUT2D eigenvalue weighted by atomic mass is 16.5. The van der Waals surface area contributed by atoms with Gasteiger partial charge in [0.05, 0.1) is 19.8 Å². The summed E-state index contributed by atoms with van der Waals surface area (Å²) < 4.78 is 11.0.